The van der Waals surface area contributed by atoms with Gasteiger partial charge in [0.25, 0.3) is 0 Å². The van der Waals surface area contributed by atoms with Gasteiger partial charge in [0.15, 0.2) is 16.1 Å². The first-order valence-electron chi connectivity index (χ1n) is 9.70. The van der Waals surface area contributed by atoms with Crippen molar-refractivity contribution in [1.29, 1.82) is 0 Å². The van der Waals surface area contributed by atoms with Crippen LogP contribution in [0.3, 0.4) is 0 Å². The number of carbonyl (C=O) groups is 1. The number of anilines is 1. The maximum atomic E-state index is 12.5. The van der Waals surface area contributed by atoms with Gasteiger partial charge >= 0.3 is 0 Å². The molecule has 0 spiro atoms. The molecule has 0 aliphatic carbocycles. The molecule has 4 rings (SSSR count). The fourth-order valence-electron chi connectivity index (χ4n) is 3.12. The summed E-state index contributed by atoms with van der Waals surface area (Å²) in [5.74, 6) is 0.766. The van der Waals surface area contributed by atoms with Crippen LogP contribution in [0.5, 0.6) is 0 Å². The van der Waals surface area contributed by atoms with Gasteiger partial charge in [-0.2, -0.15) is 0 Å². The smallest absolute Gasteiger partial charge is 0.236 e. The maximum absolute atomic E-state index is 12.5. The molecular formula is C22H20ClN5OS2. The van der Waals surface area contributed by atoms with Gasteiger partial charge in [0, 0.05) is 22.5 Å². The van der Waals surface area contributed by atoms with E-state index in [1.54, 1.807) is 0 Å². The number of aryl methyl sites for hydroxylation is 1. The molecule has 0 saturated carbocycles. The number of nitrogens with one attached hydrogen (secondary N) is 1. The van der Waals surface area contributed by atoms with E-state index in [-0.39, 0.29) is 11.7 Å². The molecule has 0 unspecified atom stereocenters. The Labute approximate surface area is 193 Å². The summed E-state index contributed by atoms with van der Waals surface area (Å²) in [5.41, 5.74) is 2.75. The van der Waals surface area contributed by atoms with Crippen molar-refractivity contribution in [2.75, 3.05) is 11.1 Å². The fraction of sp³-hybridized carbons (Fsp3) is 0.182. The highest BCUT2D eigenvalue weighted by atomic mass is 35.5. The van der Waals surface area contributed by atoms with Crippen LogP contribution in [-0.2, 0) is 11.3 Å². The van der Waals surface area contributed by atoms with Gasteiger partial charge in [0.2, 0.25) is 5.91 Å². The van der Waals surface area contributed by atoms with Crippen molar-refractivity contribution < 1.29 is 4.79 Å². The Morgan fingerprint density at radius 2 is 1.87 bits per heavy atom. The Kier molecular flexibility index (Phi) is 6.70. The number of rotatable bonds is 7. The Balaban J connectivity index is 1.44. The second kappa shape index (κ2) is 9.64. The van der Waals surface area contributed by atoms with Gasteiger partial charge in [-0.05, 0) is 26.0 Å². The monoisotopic (exact) mass is 469 g/mol. The summed E-state index contributed by atoms with van der Waals surface area (Å²) < 4.78 is 1.96. The number of thiazole rings is 1. The lowest BCUT2D eigenvalue weighted by Gasteiger charge is -2.08. The molecule has 0 fully saturated rings. The van der Waals surface area contributed by atoms with Crippen LogP contribution < -0.4 is 5.32 Å². The molecule has 0 aliphatic heterocycles. The second-order valence-electron chi connectivity index (χ2n) is 6.66. The fourth-order valence-corrected chi connectivity index (χ4v) is 5.00. The van der Waals surface area contributed by atoms with Crippen LogP contribution in [0.4, 0.5) is 5.13 Å². The zero-order valence-corrected chi connectivity index (χ0v) is 19.4. The Morgan fingerprint density at radius 1 is 1.13 bits per heavy atom. The molecule has 4 aromatic rings. The molecule has 0 radical (unpaired) electrons. The minimum atomic E-state index is -0.136. The molecule has 2 aromatic heterocycles. The van der Waals surface area contributed by atoms with E-state index in [4.69, 9.17) is 11.6 Å². The molecule has 0 atom stereocenters. The number of aromatic nitrogens is 4. The molecule has 0 bridgehead atoms. The SMILES string of the molecule is CCn1c(SCC(=O)Nc2nc(-c3ccccc3)c(C)s2)nnc1-c1ccccc1Cl. The summed E-state index contributed by atoms with van der Waals surface area (Å²) in [4.78, 5) is 18.2. The normalized spacial score (nSPS) is 10.9. The van der Waals surface area contributed by atoms with E-state index in [1.165, 1.54) is 23.1 Å². The van der Waals surface area contributed by atoms with Crippen molar-refractivity contribution in [3.8, 4) is 22.6 Å². The van der Waals surface area contributed by atoms with Crippen LogP contribution in [0.2, 0.25) is 5.02 Å². The number of carbonyl (C=O) groups excluding carboxylic acids is 1. The molecular weight excluding hydrogens is 450 g/mol. The third-order valence-electron chi connectivity index (χ3n) is 4.57. The number of halogens is 1. The zero-order valence-electron chi connectivity index (χ0n) is 17.0. The van der Waals surface area contributed by atoms with Crippen molar-refractivity contribution >= 4 is 45.7 Å². The quantitative estimate of drug-likeness (QED) is 0.347. The maximum Gasteiger partial charge on any atom is 0.236 e. The van der Waals surface area contributed by atoms with Crippen molar-refractivity contribution in [3.63, 3.8) is 0 Å². The second-order valence-corrected chi connectivity index (χ2v) is 9.21. The van der Waals surface area contributed by atoms with Gasteiger partial charge in [-0.25, -0.2) is 4.98 Å². The predicted octanol–water partition coefficient (Wildman–Crippen LogP) is 5.78. The number of nitrogens with zero attached hydrogens (tertiary/aromatic N) is 4. The van der Waals surface area contributed by atoms with Gasteiger partial charge in [-0.15, -0.1) is 21.5 Å². The van der Waals surface area contributed by atoms with E-state index >= 15 is 0 Å². The number of hydrogen-bond donors (Lipinski definition) is 1. The van der Waals surface area contributed by atoms with E-state index in [0.29, 0.717) is 27.7 Å². The van der Waals surface area contributed by atoms with Crippen LogP contribution in [0.25, 0.3) is 22.6 Å². The number of amides is 1. The highest BCUT2D eigenvalue weighted by Gasteiger charge is 2.17. The van der Waals surface area contributed by atoms with E-state index in [1.807, 2.05) is 73.0 Å². The van der Waals surface area contributed by atoms with Gasteiger partial charge in [-0.3, -0.25) is 4.79 Å². The van der Waals surface area contributed by atoms with Gasteiger partial charge < -0.3 is 9.88 Å². The summed E-state index contributed by atoms with van der Waals surface area (Å²) in [6.45, 7) is 4.69. The summed E-state index contributed by atoms with van der Waals surface area (Å²) in [6.07, 6.45) is 0. The van der Waals surface area contributed by atoms with Crippen molar-refractivity contribution in [3.05, 3.63) is 64.5 Å². The highest BCUT2D eigenvalue weighted by molar-refractivity contribution is 7.99. The molecule has 1 N–H and O–H groups in total. The Bertz CT molecular complexity index is 1210. The molecule has 2 heterocycles. The van der Waals surface area contributed by atoms with Gasteiger partial charge in [-0.1, -0.05) is 65.8 Å². The highest BCUT2D eigenvalue weighted by Crippen LogP contribution is 2.31. The largest absolute Gasteiger partial charge is 0.302 e. The van der Waals surface area contributed by atoms with Crippen LogP contribution in [0, 0.1) is 6.92 Å². The average molecular weight is 470 g/mol. The molecule has 2 aromatic carbocycles. The average Bonchev–Trinajstić information content (AvgIpc) is 3.35. The first-order chi connectivity index (χ1) is 15.1. The van der Waals surface area contributed by atoms with E-state index in [0.717, 1.165) is 21.7 Å². The third kappa shape index (κ3) is 4.81. The first-order valence-corrected chi connectivity index (χ1v) is 11.9. The standard InChI is InChI=1S/C22H20ClN5OS2/c1-3-28-20(16-11-7-8-12-17(16)23)26-27-22(28)30-13-18(29)24-21-25-19(14(2)31-21)15-9-5-4-6-10-15/h4-12H,3,13H2,1-2H3,(H,24,25,29). The number of hydrogen-bond acceptors (Lipinski definition) is 6. The summed E-state index contributed by atoms with van der Waals surface area (Å²) in [7, 11) is 0. The Hall–Kier alpha value is -2.68. The van der Waals surface area contributed by atoms with E-state index < -0.39 is 0 Å². The molecule has 0 aliphatic rings. The first kappa shape index (κ1) is 21.5. The van der Waals surface area contributed by atoms with Gasteiger partial charge in [0.05, 0.1) is 16.5 Å². The van der Waals surface area contributed by atoms with Crippen molar-refractivity contribution in [1.82, 2.24) is 19.7 Å². The van der Waals surface area contributed by atoms with E-state index in [2.05, 4.69) is 20.5 Å². The molecule has 6 nitrogen and oxygen atoms in total. The minimum absolute atomic E-state index is 0.136. The molecule has 31 heavy (non-hydrogen) atoms. The summed E-state index contributed by atoms with van der Waals surface area (Å²) in [6, 6.07) is 17.5. The molecule has 0 saturated heterocycles. The topological polar surface area (TPSA) is 72.7 Å². The van der Waals surface area contributed by atoms with E-state index in [9.17, 15) is 4.79 Å². The lowest BCUT2D eigenvalue weighted by molar-refractivity contribution is -0.113. The van der Waals surface area contributed by atoms with Crippen LogP contribution in [0.1, 0.15) is 11.8 Å². The van der Waals surface area contributed by atoms with Crippen LogP contribution in [-0.4, -0.2) is 31.4 Å². The Morgan fingerprint density at radius 3 is 2.61 bits per heavy atom. The molecule has 158 valence electrons. The molecule has 9 heteroatoms. The third-order valence-corrected chi connectivity index (χ3v) is 6.75. The molecule has 1 amide bonds. The van der Waals surface area contributed by atoms with Crippen LogP contribution >= 0.6 is 34.7 Å². The van der Waals surface area contributed by atoms with Crippen molar-refractivity contribution in [2.24, 2.45) is 0 Å². The summed E-state index contributed by atoms with van der Waals surface area (Å²) in [5, 5.41) is 13.3. The van der Waals surface area contributed by atoms with Crippen LogP contribution in [0.15, 0.2) is 59.8 Å². The predicted molar refractivity (Wildman–Crippen MR) is 128 cm³/mol. The lowest BCUT2D eigenvalue weighted by atomic mass is 10.1. The van der Waals surface area contributed by atoms with Crippen molar-refractivity contribution in [2.45, 2.75) is 25.5 Å². The van der Waals surface area contributed by atoms with Gasteiger partial charge in [0.1, 0.15) is 0 Å². The lowest BCUT2D eigenvalue weighted by Crippen LogP contribution is -2.14. The zero-order chi connectivity index (χ0) is 21.8. The number of benzene rings is 2. The summed E-state index contributed by atoms with van der Waals surface area (Å²) >= 11 is 9.12. The minimum Gasteiger partial charge on any atom is -0.302 e. The number of thioether (sulfide) groups is 1.